The van der Waals surface area contributed by atoms with Crippen molar-refractivity contribution in [3.63, 3.8) is 0 Å². The lowest BCUT2D eigenvalue weighted by Crippen LogP contribution is -2.06. The van der Waals surface area contributed by atoms with E-state index in [4.69, 9.17) is 9.47 Å². The molecular weight excluding hydrogens is 228 g/mol. The number of esters is 1. The Morgan fingerprint density at radius 2 is 2.11 bits per heavy atom. The van der Waals surface area contributed by atoms with Gasteiger partial charge in [0.25, 0.3) is 0 Å². The van der Waals surface area contributed by atoms with Gasteiger partial charge in [-0.15, -0.1) is 0 Å². The molecule has 3 nitrogen and oxygen atoms in total. The lowest BCUT2D eigenvalue weighted by Gasteiger charge is -2.09. The molecule has 18 heavy (non-hydrogen) atoms. The maximum atomic E-state index is 11.3. The first-order chi connectivity index (χ1) is 8.61. The van der Waals surface area contributed by atoms with Crippen molar-refractivity contribution in [3.8, 4) is 5.75 Å². The standard InChI is InChI=1S/C15H22O3/c1-4-17-15(16)9-8-13-6-5-7-14(10-13)18-11-12(2)3/h5-7,10,12H,4,8-9,11H2,1-3H3. The number of carbonyl (C=O) groups excluding carboxylic acids is 1. The topological polar surface area (TPSA) is 35.5 Å². The van der Waals surface area contributed by atoms with E-state index in [0.717, 1.165) is 11.3 Å². The van der Waals surface area contributed by atoms with Gasteiger partial charge in [0.05, 0.1) is 13.2 Å². The molecule has 0 aliphatic rings. The fraction of sp³-hybridized carbons (Fsp3) is 0.533. The van der Waals surface area contributed by atoms with E-state index in [1.807, 2.05) is 31.2 Å². The van der Waals surface area contributed by atoms with Gasteiger partial charge in [-0.3, -0.25) is 4.79 Å². The maximum absolute atomic E-state index is 11.3. The second-order valence-electron chi connectivity index (χ2n) is 4.66. The molecule has 1 rings (SSSR count). The average molecular weight is 250 g/mol. The highest BCUT2D eigenvalue weighted by Crippen LogP contribution is 2.15. The first kappa shape index (κ1) is 14.6. The van der Waals surface area contributed by atoms with Gasteiger partial charge >= 0.3 is 5.97 Å². The van der Waals surface area contributed by atoms with E-state index >= 15 is 0 Å². The summed E-state index contributed by atoms with van der Waals surface area (Å²) in [6, 6.07) is 7.88. The van der Waals surface area contributed by atoms with E-state index in [-0.39, 0.29) is 5.97 Å². The summed E-state index contributed by atoms with van der Waals surface area (Å²) in [7, 11) is 0. The summed E-state index contributed by atoms with van der Waals surface area (Å²) in [6.45, 7) is 7.20. The minimum Gasteiger partial charge on any atom is -0.493 e. The molecule has 0 radical (unpaired) electrons. The normalized spacial score (nSPS) is 10.4. The Balaban J connectivity index is 2.46. The van der Waals surface area contributed by atoms with E-state index in [0.29, 0.717) is 32.0 Å². The molecule has 0 unspecified atom stereocenters. The Morgan fingerprint density at radius 3 is 2.78 bits per heavy atom. The largest absolute Gasteiger partial charge is 0.493 e. The molecule has 0 aliphatic carbocycles. The molecule has 0 aromatic heterocycles. The van der Waals surface area contributed by atoms with Crippen molar-refractivity contribution in [2.75, 3.05) is 13.2 Å². The minimum atomic E-state index is -0.147. The second-order valence-corrected chi connectivity index (χ2v) is 4.66. The highest BCUT2D eigenvalue weighted by Gasteiger charge is 2.04. The van der Waals surface area contributed by atoms with Crippen LogP contribution < -0.4 is 4.74 Å². The third kappa shape index (κ3) is 5.71. The van der Waals surface area contributed by atoms with Gasteiger partial charge in [-0.2, -0.15) is 0 Å². The SMILES string of the molecule is CCOC(=O)CCc1cccc(OCC(C)C)c1. The molecule has 0 N–H and O–H groups in total. The number of ether oxygens (including phenoxy) is 2. The van der Waals surface area contributed by atoms with Gasteiger partial charge in [0, 0.05) is 6.42 Å². The number of benzene rings is 1. The molecule has 3 heteroatoms. The second kappa shape index (κ2) is 7.75. The van der Waals surface area contributed by atoms with E-state index in [9.17, 15) is 4.79 Å². The zero-order valence-electron chi connectivity index (χ0n) is 11.4. The van der Waals surface area contributed by atoms with Crippen LogP contribution in [0.3, 0.4) is 0 Å². The first-order valence-corrected chi connectivity index (χ1v) is 6.49. The molecule has 0 amide bonds. The molecule has 0 fully saturated rings. The van der Waals surface area contributed by atoms with Crippen LogP contribution in [0, 0.1) is 5.92 Å². The molecule has 0 heterocycles. The highest BCUT2D eigenvalue weighted by molar-refractivity contribution is 5.69. The van der Waals surface area contributed by atoms with Gasteiger partial charge in [-0.1, -0.05) is 26.0 Å². The Bertz CT molecular complexity index is 372. The Morgan fingerprint density at radius 1 is 1.33 bits per heavy atom. The van der Waals surface area contributed by atoms with Gasteiger partial charge in [-0.25, -0.2) is 0 Å². The molecule has 0 aliphatic heterocycles. The zero-order valence-corrected chi connectivity index (χ0v) is 11.4. The summed E-state index contributed by atoms with van der Waals surface area (Å²) in [5, 5.41) is 0. The average Bonchev–Trinajstić information content (AvgIpc) is 2.35. The van der Waals surface area contributed by atoms with Crippen molar-refractivity contribution in [2.45, 2.75) is 33.6 Å². The molecule has 0 saturated carbocycles. The lowest BCUT2D eigenvalue weighted by atomic mass is 10.1. The van der Waals surface area contributed by atoms with Crippen LogP contribution in [0.15, 0.2) is 24.3 Å². The quantitative estimate of drug-likeness (QED) is 0.697. The van der Waals surface area contributed by atoms with E-state index in [1.54, 1.807) is 0 Å². The third-order valence-electron chi connectivity index (χ3n) is 2.40. The predicted octanol–water partition coefficient (Wildman–Crippen LogP) is 3.22. The maximum Gasteiger partial charge on any atom is 0.306 e. The van der Waals surface area contributed by atoms with Crippen LogP contribution in [-0.2, 0) is 16.0 Å². The monoisotopic (exact) mass is 250 g/mol. The summed E-state index contributed by atoms with van der Waals surface area (Å²) in [5.74, 6) is 1.23. The fourth-order valence-electron chi connectivity index (χ4n) is 1.53. The number of rotatable bonds is 7. The summed E-state index contributed by atoms with van der Waals surface area (Å²) in [4.78, 5) is 11.3. The first-order valence-electron chi connectivity index (χ1n) is 6.49. The van der Waals surface area contributed by atoms with E-state index < -0.39 is 0 Å². The van der Waals surface area contributed by atoms with E-state index in [1.165, 1.54) is 0 Å². The lowest BCUT2D eigenvalue weighted by molar-refractivity contribution is -0.143. The fourth-order valence-corrected chi connectivity index (χ4v) is 1.53. The van der Waals surface area contributed by atoms with Gasteiger partial charge in [0.1, 0.15) is 5.75 Å². The van der Waals surface area contributed by atoms with Gasteiger partial charge in [0.2, 0.25) is 0 Å². The van der Waals surface area contributed by atoms with Crippen LogP contribution in [-0.4, -0.2) is 19.2 Å². The van der Waals surface area contributed by atoms with Crippen molar-refractivity contribution in [1.82, 2.24) is 0 Å². The Labute approximate surface area is 109 Å². The van der Waals surface area contributed by atoms with Gasteiger partial charge in [0.15, 0.2) is 0 Å². The highest BCUT2D eigenvalue weighted by atomic mass is 16.5. The van der Waals surface area contributed by atoms with Crippen molar-refractivity contribution in [1.29, 1.82) is 0 Å². The molecule has 0 saturated heterocycles. The molecular formula is C15H22O3. The van der Waals surface area contributed by atoms with Crippen molar-refractivity contribution < 1.29 is 14.3 Å². The Kier molecular flexibility index (Phi) is 6.26. The molecule has 0 atom stereocenters. The smallest absolute Gasteiger partial charge is 0.306 e. The minimum absolute atomic E-state index is 0.147. The number of aryl methyl sites for hydroxylation is 1. The van der Waals surface area contributed by atoms with Crippen LogP contribution in [0.2, 0.25) is 0 Å². The summed E-state index contributed by atoms with van der Waals surface area (Å²) < 4.78 is 10.5. The van der Waals surface area contributed by atoms with Crippen LogP contribution in [0.1, 0.15) is 32.8 Å². The molecule has 0 spiro atoms. The van der Waals surface area contributed by atoms with Gasteiger partial charge < -0.3 is 9.47 Å². The summed E-state index contributed by atoms with van der Waals surface area (Å²) >= 11 is 0. The van der Waals surface area contributed by atoms with Crippen LogP contribution in [0.4, 0.5) is 0 Å². The van der Waals surface area contributed by atoms with Crippen molar-refractivity contribution in [3.05, 3.63) is 29.8 Å². The molecule has 100 valence electrons. The van der Waals surface area contributed by atoms with E-state index in [2.05, 4.69) is 13.8 Å². The Hall–Kier alpha value is -1.51. The zero-order chi connectivity index (χ0) is 13.4. The summed E-state index contributed by atoms with van der Waals surface area (Å²) in [5.41, 5.74) is 1.10. The van der Waals surface area contributed by atoms with Crippen LogP contribution in [0.5, 0.6) is 5.75 Å². The number of hydrogen-bond donors (Lipinski definition) is 0. The van der Waals surface area contributed by atoms with Gasteiger partial charge in [-0.05, 0) is 37.0 Å². The predicted molar refractivity (Wildman–Crippen MR) is 71.7 cm³/mol. The summed E-state index contributed by atoms with van der Waals surface area (Å²) in [6.07, 6.45) is 1.11. The number of hydrogen-bond acceptors (Lipinski definition) is 3. The van der Waals surface area contributed by atoms with Crippen LogP contribution in [0.25, 0.3) is 0 Å². The number of carbonyl (C=O) groups is 1. The molecule has 1 aromatic carbocycles. The van der Waals surface area contributed by atoms with Crippen molar-refractivity contribution in [2.24, 2.45) is 5.92 Å². The molecule has 0 bridgehead atoms. The van der Waals surface area contributed by atoms with Crippen LogP contribution >= 0.6 is 0 Å². The molecule has 1 aromatic rings. The third-order valence-corrected chi connectivity index (χ3v) is 2.40. The van der Waals surface area contributed by atoms with Crippen molar-refractivity contribution >= 4 is 5.97 Å².